The fraction of sp³-hybridized carbons (Fsp3) is 0.500. The lowest BCUT2D eigenvalue weighted by Crippen LogP contribution is -2.50. The normalized spacial score (nSPS) is 17.3. The summed E-state index contributed by atoms with van der Waals surface area (Å²) in [5, 5.41) is 8.85. The summed E-state index contributed by atoms with van der Waals surface area (Å²) < 4.78 is 0. The first-order valence-corrected chi connectivity index (χ1v) is 8.46. The van der Waals surface area contributed by atoms with Crippen LogP contribution in [0.5, 0.6) is 0 Å². The SMILES string of the molecule is CS[C@@H](C)C(=O)N1CCN(Cc2ccc(C#N)cc2)CC1. The molecule has 0 saturated carbocycles. The predicted molar refractivity (Wildman–Crippen MR) is 86.0 cm³/mol. The number of carbonyl (C=O) groups excluding carboxylic acids is 1. The lowest BCUT2D eigenvalue weighted by Gasteiger charge is -2.35. The van der Waals surface area contributed by atoms with Crippen molar-refractivity contribution in [1.29, 1.82) is 5.26 Å². The molecule has 1 aliphatic rings. The molecular weight excluding hydrogens is 282 g/mol. The third kappa shape index (κ3) is 4.23. The van der Waals surface area contributed by atoms with Gasteiger partial charge in [-0.05, 0) is 30.9 Å². The van der Waals surface area contributed by atoms with Gasteiger partial charge in [0.15, 0.2) is 0 Å². The minimum absolute atomic E-state index is 0.0510. The smallest absolute Gasteiger partial charge is 0.235 e. The van der Waals surface area contributed by atoms with Gasteiger partial charge in [0.1, 0.15) is 0 Å². The largest absolute Gasteiger partial charge is 0.339 e. The van der Waals surface area contributed by atoms with E-state index in [1.165, 1.54) is 5.56 Å². The number of carbonyl (C=O) groups is 1. The molecule has 1 heterocycles. The highest BCUT2D eigenvalue weighted by Crippen LogP contribution is 2.13. The molecule has 0 aromatic heterocycles. The molecule has 1 aromatic rings. The van der Waals surface area contributed by atoms with E-state index in [0.29, 0.717) is 5.56 Å². The van der Waals surface area contributed by atoms with Gasteiger partial charge in [0.2, 0.25) is 5.91 Å². The second-order valence-corrected chi connectivity index (χ2v) is 6.47. The summed E-state index contributed by atoms with van der Waals surface area (Å²) in [5.74, 6) is 0.250. The van der Waals surface area contributed by atoms with Crippen LogP contribution in [0.4, 0.5) is 0 Å². The van der Waals surface area contributed by atoms with Crippen LogP contribution in [0.25, 0.3) is 0 Å². The average molecular weight is 303 g/mol. The van der Waals surface area contributed by atoms with Crippen molar-refractivity contribution in [2.24, 2.45) is 0 Å². The summed E-state index contributed by atoms with van der Waals surface area (Å²) in [4.78, 5) is 16.4. The fourth-order valence-electron chi connectivity index (χ4n) is 2.43. The van der Waals surface area contributed by atoms with Crippen molar-refractivity contribution in [2.45, 2.75) is 18.7 Å². The Morgan fingerprint density at radius 2 is 1.90 bits per heavy atom. The summed E-state index contributed by atoms with van der Waals surface area (Å²) in [5.41, 5.74) is 1.91. The van der Waals surface area contributed by atoms with Crippen molar-refractivity contribution < 1.29 is 4.79 Å². The lowest BCUT2D eigenvalue weighted by molar-refractivity contribution is -0.132. The quantitative estimate of drug-likeness (QED) is 0.853. The first-order chi connectivity index (χ1) is 10.1. The molecule has 5 heteroatoms. The van der Waals surface area contributed by atoms with E-state index in [1.54, 1.807) is 11.8 Å². The van der Waals surface area contributed by atoms with Crippen LogP contribution in [0.2, 0.25) is 0 Å². The van der Waals surface area contributed by atoms with Crippen molar-refractivity contribution in [3.05, 3.63) is 35.4 Å². The molecule has 0 bridgehead atoms. The summed E-state index contributed by atoms with van der Waals surface area (Å²) in [6, 6.07) is 9.86. The predicted octanol–water partition coefficient (Wildman–Crippen LogP) is 1.95. The Balaban J connectivity index is 1.84. The molecule has 112 valence electrons. The van der Waals surface area contributed by atoms with Crippen molar-refractivity contribution in [3.8, 4) is 6.07 Å². The number of thioether (sulfide) groups is 1. The highest BCUT2D eigenvalue weighted by Gasteiger charge is 2.24. The highest BCUT2D eigenvalue weighted by molar-refractivity contribution is 7.99. The number of nitriles is 1. The topological polar surface area (TPSA) is 47.3 Å². The van der Waals surface area contributed by atoms with Crippen LogP contribution in [-0.2, 0) is 11.3 Å². The average Bonchev–Trinajstić information content (AvgIpc) is 2.55. The van der Waals surface area contributed by atoms with E-state index >= 15 is 0 Å². The second kappa shape index (κ2) is 7.48. The zero-order valence-electron chi connectivity index (χ0n) is 12.6. The van der Waals surface area contributed by atoms with Crippen molar-refractivity contribution in [2.75, 3.05) is 32.4 Å². The zero-order chi connectivity index (χ0) is 15.2. The zero-order valence-corrected chi connectivity index (χ0v) is 13.4. The van der Waals surface area contributed by atoms with Gasteiger partial charge < -0.3 is 4.90 Å². The number of piperazine rings is 1. The first kappa shape index (κ1) is 15.9. The van der Waals surface area contributed by atoms with Gasteiger partial charge in [-0.25, -0.2) is 0 Å². The van der Waals surface area contributed by atoms with E-state index < -0.39 is 0 Å². The molecule has 4 nitrogen and oxygen atoms in total. The number of nitrogens with zero attached hydrogens (tertiary/aromatic N) is 3. The van der Waals surface area contributed by atoms with Gasteiger partial charge in [-0.1, -0.05) is 12.1 Å². The van der Waals surface area contributed by atoms with E-state index in [1.807, 2.05) is 42.3 Å². The molecule has 1 aromatic carbocycles. The van der Waals surface area contributed by atoms with E-state index in [9.17, 15) is 4.79 Å². The molecule has 1 saturated heterocycles. The van der Waals surface area contributed by atoms with Crippen LogP contribution >= 0.6 is 11.8 Å². The van der Waals surface area contributed by atoms with Crippen molar-refractivity contribution in [3.63, 3.8) is 0 Å². The third-order valence-electron chi connectivity index (χ3n) is 3.87. The van der Waals surface area contributed by atoms with Gasteiger partial charge in [-0.3, -0.25) is 9.69 Å². The Bertz CT molecular complexity index is 515. The van der Waals surface area contributed by atoms with Gasteiger partial charge in [0.05, 0.1) is 16.9 Å². The van der Waals surface area contributed by atoms with Gasteiger partial charge in [-0.15, -0.1) is 0 Å². The van der Waals surface area contributed by atoms with Gasteiger partial charge in [0, 0.05) is 32.7 Å². The summed E-state index contributed by atoms with van der Waals surface area (Å²) in [6.45, 7) is 6.28. The van der Waals surface area contributed by atoms with Crippen LogP contribution in [-0.4, -0.2) is 53.4 Å². The van der Waals surface area contributed by atoms with Gasteiger partial charge in [-0.2, -0.15) is 17.0 Å². The minimum atomic E-state index is 0.0510. The minimum Gasteiger partial charge on any atom is -0.339 e. The standard InChI is InChI=1S/C16H21N3OS/c1-13(21-2)16(20)19-9-7-18(8-10-19)12-15-5-3-14(11-17)4-6-15/h3-6,13H,7-10,12H2,1-2H3/t13-/m0/s1. The number of rotatable bonds is 4. The Hall–Kier alpha value is -1.51. The van der Waals surface area contributed by atoms with Crippen LogP contribution in [0.1, 0.15) is 18.1 Å². The summed E-state index contributed by atoms with van der Waals surface area (Å²) in [6.07, 6.45) is 1.98. The molecule has 2 rings (SSSR count). The molecule has 1 atom stereocenters. The number of amides is 1. The third-order valence-corrected chi connectivity index (χ3v) is 4.78. The molecule has 0 aliphatic carbocycles. The number of hydrogen-bond donors (Lipinski definition) is 0. The maximum absolute atomic E-state index is 12.1. The number of benzene rings is 1. The highest BCUT2D eigenvalue weighted by atomic mass is 32.2. The molecule has 21 heavy (non-hydrogen) atoms. The monoisotopic (exact) mass is 303 g/mol. The Labute approximate surface area is 130 Å². The fourth-order valence-corrected chi connectivity index (χ4v) is 2.78. The van der Waals surface area contributed by atoms with Crippen molar-refractivity contribution in [1.82, 2.24) is 9.80 Å². The number of hydrogen-bond acceptors (Lipinski definition) is 4. The molecule has 0 radical (unpaired) electrons. The molecule has 0 spiro atoms. The molecule has 0 N–H and O–H groups in total. The van der Waals surface area contributed by atoms with Crippen LogP contribution < -0.4 is 0 Å². The molecule has 1 fully saturated rings. The Morgan fingerprint density at radius 3 is 2.43 bits per heavy atom. The Kier molecular flexibility index (Phi) is 5.66. The maximum atomic E-state index is 12.1. The Morgan fingerprint density at radius 1 is 1.29 bits per heavy atom. The molecular formula is C16H21N3OS. The van der Waals surface area contributed by atoms with Gasteiger partial charge >= 0.3 is 0 Å². The van der Waals surface area contributed by atoms with Crippen molar-refractivity contribution >= 4 is 17.7 Å². The van der Waals surface area contributed by atoms with Crippen LogP contribution in [0.15, 0.2) is 24.3 Å². The van der Waals surface area contributed by atoms with Crippen LogP contribution in [0, 0.1) is 11.3 Å². The van der Waals surface area contributed by atoms with Gasteiger partial charge in [0.25, 0.3) is 0 Å². The van der Waals surface area contributed by atoms with E-state index in [0.717, 1.165) is 32.7 Å². The van der Waals surface area contributed by atoms with E-state index in [4.69, 9.17) is 5.26 Å². The van der Waals surface area contributed by atoms with Crippen LogP contribution in [0.3, 0.4) is 0 Å². The maximum Gasteiger partial charge on any atom is 0.235 e. The lowest BCUT2D eigenvalue weighted by atomic mass is 10.1. The molecule has 0 unspecified atom stereocenters. The van der Waals surface area contributed by atoms with E-state index in [2.05, 4.69) is 11.0 Å². The summed E-state index contributed by atoms with van der Waals surface area (Å²) in [7, 11) is 0. The summed E-state index contributed by atoms with van der Waals surface area (Å²) >= 11 is 1.60. The molecule has 1 aliphatic heterocycles. The van der Waals surface area contributed by atoms with E-state index in [-0.39, 0.29) is 11.2 Å². The second-order valence-electron chi connectivity index (χ2n) is 5.29. The first-order valence-electron chi connectivity index (χ1n) is 7.17. The molecule has 1 amide bonds.